The maximum atomic E-state index is 13.2. The van der Waals surface area contributed by atoms with Crippen LogP contribution >= 0.6 is 11.6 Å². The fourth-order valence-electron chi connectivity index (χ4n) is 5.22. The van der Waals surface area contributed by atoms with Gasteiger partial charge < -0.3 is 19.8 Å². The van der Waals surface area contributed by atoms with Crippen molar-refractivity contribution in [1.82, 2.24) is 14.8 Å². The Hall–Kier alpha value is -3.85. The number of hydrogen-bond donors (Lipinski definition) is 2. The number of esters is 1. The number of anilines is 1. The van der Waals surface area contributed by atoms with Crippen LogP contribution in [0.1, 0.15) is 27.7 Å². The van der Waals surface area contributed by atoms with E-state index in [2.05, 4.69) is 56.5 Å². The van der Waals surface area contributed by atoms with E-state index in [1.807, 2.05) is 30.3 Å². The van der Waals surface area contributed by atoms with Crippen molar-refractivity contribution in [3.63, 3.8) is 0 Å². The van der Waals surface area contributed by atoms with Crippen LogP contribution in [0, 0.1) is 0 Å². The van der Waals surface area contributed by atoms with Crippen LogP contribution in [0.15, 0.2) is 72.8 Å². The number of nitrogens with zero attached hydrogens (tertiary/aromatic N) is 2. The summed E-state index contributed by atoms with van der Waals surface area (Å²) in [6, 6.07) is 24.0. The highest BCUT2D eigenvalue weighted by Crippen LogP contribution is 2.36. The monoisotopic (exact) mass is 546 g/mol. The second-order valence-corrected chi connectivity index (χ2v) is 9.91. The minimum Gasteiger partial charge on any atom is -0.496 e. The predicted molar refractivity (Wildman–Crippen MR) is 153 cm³/mol. The Morgan fingerprint density at radius 3 is 2.28 bits per heavy atom. The number of carbonyl (C=O) groups is 2. The van der Waals surface area contributed by atoms with Gasteiger partial charge >= 0.3 is 5.97 Å². The first kappa shape index (κ1) is 26.7. The van der Waals surface area contributed by atoms with Crippen molar-refractivity contribution < 1.29 is 19.1 Å². The molecule has 0 saturated carbocycles. The topological polar surface area (TPSA) is 86.9 Å². The number of carbonyl (C=O) groups excluding carboxylic acids is 2. The molecule has 0 spiro atoms. The zero-order valence-corrected chi connectivity index (χ0v) is 22.7. The lowest BCUT2D eigenvalue weighted by Crippen LogP contribution is -2.49. The molecule has 9 heteroatoms. The van der Waals surface area contributed by atoms with Gasteiger partial charge in [0.15, 0.2) is 0 Å². The van der Waals surface area contributed by atoms with Gasteiger partial charge in [0.25, 0.3) is 0 Å². The average Bonchev–Trinajstić information content (AvgIpc) is 3.33. The van der Waals surface area contributed by atoms with Crippen LogP contribution in [-0.4, -0.2) is 73.6 Å². The van der Waals surface area contributed by atoms with Crippen molar-refractivity contribution in [2.45, 2.75) is 6.04 Å². The zero-order valence-electron chi connectivity index (χ0n) is 21.9. The Balaban J connectivity index is 1.29. The third-order valence-electron chi connectivity index (χ3n) is 7.10. The highest BCUT2D eigenvalue weighted by Gasteiger charge is 2.28. The van der Waals surface area contributed by atoms with Crippen LogP contribution in [0.3, 0.4) is 0 Å². The van der Waals surface area contributed by atoms with E-state index in [4.69, 9.17) is 21.1 Å². The molecule has 0 aliphatic carbocycles. The molecular formula is C30H31ClN4O4. The van der Waals surface area contributed by atoms with Gasteiger partial charge in [0.05, 0.1) is 43.4 Å². The first-order valence-corrected chi connectivity index (χ1v) is 13.2. The summed E-state index contributed by atoms with van der Waals surface area (Å²) in [5.41, 5.74) is 3.62. The fraction of sp³-hybridized carbons (Fsp3) is 0.267. The fourth-order valence-corrected chi connectivity index (χ4v) is 5.35. The molecule has 2 heterocycles. The Bertz CT molecular complexity index is 1450. The van der Waals surface area contributed by atoms with E-state index in [9.17, 15) is 9.59 Å². The number of hydrogen-bond acceptors (Lipinski definition) is 6. The standard InChI is InChI=1S/C30H31ClN4O4/c1-38-24-10-6-9-23-26(24)27(28(32-23)30(37)39-2)33-25(36)19-34-15-17-35(18-16-34)29(20-7-4-3-5-8-20)21-11-13-22(31)14-12-21/h3-14,29,32H,15-19H2,1-2H3,(H,33,36). The number of ether oxygens (including phenoxy) is 2. The smallest absolute Gasteiger partial charge is 0.356 e. The summed E-state index contributed by atoms with van der Waals surface area (Å²) in [5.74, 6) is -0.221. The number of amides is 1. The number of fused-ring (bicyclic) bond motifs is 1. The number of halogens is 1. The minimum atomic E-state index is -0.564. The molecule has 4 aromatic rings. The van der Waals surface area contributed by atoms with Crippen LogP contribution in [0.4, 0.5) is 5.69 Å². The number of rotatable bonds is 8. The molecule has 1 aromatic heterocycles. The van der Waals surface area contributed by atoms with Gasteiger partial charge in [0, 0.05) is 31.2 Å². The van der Waals surface area contributed by atoms with E-state index in [-0.39, 0.29) is 24.2 Å². The summed E-state index contributed by atoms with van der Waals surface area (Å²) in [4.78, 5) is 33.3. The summed E-state index contributed by atoms with van der Waals surface area (Å²) >= 11 is 6.16. The quantitative estimate of drug-likeness (QED) is 0.304. The average molecular weight is 547 g/mol. The van der Waals surface area contributed by atoms with Gasteiger partial charge in [-0.25, -0.2) is 4.79 Å². The summed E-state index contributed by atoms with van der Waals surface area (Å²) in [6.07, 6.45) is 0. The van der Waals surface area contributed by atoms with Crippen molar-refractivity contribution in [1.29, 1.82) is 0 Å². The van der Waals surface area contributed by atoms with Crippen molar-refractivity contribution in [3.05, 3.63) is 94.6 Å². The lowest BCUT2D eigenvalue weighted by Gasteiger charge is -2.39. The molecule has 1 amide bonds. The number of piperazine rings is 1. The van der Waals surface area contributed by atoms with Crippen molar-refractivity contribution >= 4 is 40.1 Å². The van der Waals surface area contributed by atoms with E-state index >= 15 is 0 Å². The van der Waals surface area contributed by atoms with Crippen molar-refractivity contribution in [2.75, 3.05) is 52.3 Å². The molecule has 2 N–H and O–H groups in total. The summed E-state index contributed by atoms with van der Waals surface area (Å²) in [5, 5.41) is 4.29. The van der Waals surface area contributed by atoms with Crippen LogP contribution in [-0.2, 0) is 9.53 Å². The molecule has 202 valence electrons. The van der Waals surface area contributed by atoms with Crippen LogP contribution in [0.25, 0.3) is 10.9 Å². The third-order valence-corrected chi connectivity index (χ3v) is 7.35. The molecule has 1 atom stereocenters. The number of H-pyrrole nitrogens is 1. The molecule has 0 radical (unpaired) electrons. The van der Waals surface area contributed by atoms with E-state index < -0.39 is 5.97 Å². The van der Waals surface area contributed by atoms with Crippen LogP contribution in [0.2, 0.25) is 5.02 Å². The second kappa shape index (κ2) is 11.9. The van der Waals surface area contributed by atoms with Crippen molar-refractivity contribution in [3.8, 4) is 5.75 Å². The maximum Gasteiger partial charge on any atom is 0.356 e. The molecule has 3 aromatic carbocycles. The summed E-state index contributed by atoms with van der Waals surface area (Å²) in [6.45, 7) is 3.25. The lowest BCUT2D eigenvalue weighted by atomic mass is 9.96. The highest BCUT2D eigenvalue weighted by atomic mass is 35.5. The van der Waals surface area contributed by atoms with Crippen molar-refractivity contribution in [2.24, 2.45) is 0 Å². The van der Waals surface area contributed by atoms with Gasteiger partial charge in [-0.15, -0.1) is 0 Å². The Labute approximate surface area is 232 Å². The lowest BCUT2D eigenvalue weighted by molar-refractivity contribution is -0.117. The molecule has 5 rings (SSSR count). The third kappa shape index (κ3) is 5.78. The number of benzene rings is 3. The van der Waals surface area contributed by atoms with Gasteiger partial charge in [0.2, 0.25) is 5.91 Å². The largest absolute Gasteiger partial charge is 0.496 e. The number of aromatic amines is 1. The Morgan fingerprint density at radius 1 is 0.923 bits per heavy atom. The Kier molecular flexibility index (Phi) is 8.16. The van der Waals surface area contributed by atoms with Crippen LogP contribution in [0.5, 0.6) is 5.75 Å². The van der Waals surface area contributed by atoms with E-state index in [0.717, 1.165) is 26.2 Å². The Morgan fingerprint density at radius 2 is 1.62 bits per heavy atom. The molecule has 1 unspecified atom stereocenters. The number of aromatic nitrogens is 1. The van der Waals surface area contributed by atoms with Gasteiger partial charge in [-0.05, 0) is 35.4 Å². The highest BCUT2D eigenvalue weighted by molar-refractivity contribution is 6.30. The second-order valence-electron chi connectivity index (χ2n) is 9.47. The van der Waals surface area contributed by atoms with Crippen LogP contribution < -0.4 is 10.1 Å². The SMILES string of the molecule is COC(=O)c1[nH]c2cccc(OC)c2c1NC(=O)CN1CCN(C(c2ccccc2)c2ccc(Cl)cc2)CC1. The molecule has 1 fully saturated rings. The number of methoxy groups -OCH3 is 2. The predicted octanol–water partition coefficient (Wildman–Crippen LogP) is 4.96. The molecule has 1 aliphatic rings. The van der Waals surface area contributed by atoms with Gasteiger partial charge in [-0.2, -0.15) is 0 Å². The van der Waals surface area contributed by atoms with Gasteiger partial charge in [0.1, 0.15) is 11.4 Å². The first-order chi connectivity index (χ1) is 19.0. The van der Waals surface area contributed by atoms with E-state index in [1.165, 1.54) is 18.2 Å². The summed E-state index contributed by atoms with van der Waals surface area (Å²) in [7, 11) is 2.86. The number of nitrogens with one attached hydrogen (secondary N) is 2. The first-order valence-electron chi connectivity index (χ1n) is 12.8. The summed E-state index contributed by atoms with van der Waals surface area (Å²) < 4.78 is 10.4. The minimum absolute atomic E-state index is 0.0979. The zero-order chi connectivity index (χ0) is 27.4. The van der Waals surface area contributed by atoms with E-state index in [1.54, 1.807) is 13.2 Å². The normalized spacial score (nSPS) is 15.2. The van der Waals surface area contributed by atoms with Gasteiger partial charge in [-0.1, -0.05) is 60.1 Å². The van der Waals surface area contributed by atoms with Gasteiger partial charge in [-0.3, -0.25) is 14.6 Å². The molecule has 8 nitrogen and oxygen atoms in total. The molecule has 1 aliphatic heterocycles. The molecule has 39 heavy (non-hydrogen) atoms. The molecule has 1 saturated heterocycles. The molecular weight excluding hydrogens is 516 g/mol. The maximum absolute atomic E-state index is 13.2. The molecule has 0 bridgehead atoms. The van der Waals surface area contributed by atoms with E-state index in [0.29, 0.717) is 27.4 Å².